The minimum Gasteiger partial charge on any atom is -0.345 e. The number of hydrogen-bond donors (Lipinski definition) is 1. The molecule has 2 amide bonds. The van der Waals surface area contributed by atoms with Gasteiger partial charge in [-0.3, -0.25) is 9.59 Å². The van der Waals surface area contributed by atoms with Gasteiger partial charge in [-0.15, -0.1) is 0 Å². The predicted molar refractivity (Wildman–Crippen MR) is 88.8 cm³/mol. The molecular weight excluding hydrogens is 288 g/mol. The van der Waals surface area contributed by atoms with Crippen molar-refractivity contribution in [3.8, 4) is 0 Å². The standard InChI is InChI=1S/C19H20N2O2/c1-21-13-12-16(19(21)23)17(14-8-4-2-5-9-14)20-18(22)15-10-6-3-7-11-15/h2-11,16-17H,12-13H2,1H3,(H,20,22). The Morgan fingerprint density at radius 2 is 1.70 bits per heavy atom. The first-order valence-electron chi connectivity index (χ1n) is 7.82. The number of nitrogens with zero attached hydrogens (tertiary/aromatic N) is 1. The van der Waals surface area contributed by atoms with E-state index in [0.717, 1.165) is 18.5 Å². The second-order valence-electron chi connectivity index (χ2n) is 5.88. The van der Waals surface area contributed by atoms with Crippen LogP contribution in [0.5, 0.6) is 0 Å². The summed E-state index contributed by atoms with van der Waals surface area (Å²) in [5.41, 5.74) is 1.57. The largest absolute Gasteiger partial charge is 0.345 e. The number of benzene rings is 2. The second kappa shape index (κ2) is 6.65. The van der Waals surface area contributed by atoms with E-state index in [1.165, 1.54) is 0 Å². The summed E-state index contributed by atoms with van der Waals surface area (Å²) in [5, 5.41) is 3.06. The maximum Gasteiger partial charge on any atom is 0.251 e. The fourth-order valence-corrected chi connectivity index (χ4v) is 3.05. The van der Waals surface area contributed by atoms with E-state index in [-0.39, 0.29) is 23.8 Å². The molecule has 2 unspecified atom stereocenters. The molecule has 0 bridgehead atoms. The molecule has 1 aliphatic rings. The van der Waals surface area contributed by atoms with Crippen LogP contribution in [0, 0.1) is 5.92 Å². The number of carbonyl (C=O) groups is 2. The zero-order valence-electron chi connectivity index (χ0n) is 13.1. The Balaban J connectivity index is 1.87. The average molecular weight is 308 g/mol. The van der Waals surface area contributed by atoms with Crippen molar-refractivity contribution in [2.45, 2.75) is 12.5 Å². The first-order valence-corrected chi connectivity index (χ1v) is 7.82. The number of likely N-dealkylation sites (tertiary alicyclic amines) is 1. The summed E-state index contributed by atoms with van der Waals surface area (Å²) in [6, 6.07) is 18.5. The van der Waals surface area contributed by atoms with Gasteiger partial charge in [-0.05, 0) is 24.1 Å². The SMILES string of the molecule is CN1CCC(C(NC(=O)c2ccccc2)c2ccccc2)C1=O. The van der Waals surface area contributed by atoms with Crippen LogP contribution < -0.4 is 5.32 Å². The van der Waals surface area contributed by atoms with Crippen LogP contribution in [0.1, 0.15) is 28.4 Å². The van der Waals surface area contributed by atoms with Gasteiger partial charge in [-0.2, -0.15) is 0 Å². The van der Waals surface area contributed by atoms with Crippen molar-refractivity contribution in [2.75, 3.05) is 13.6 Å². The Morgan fingerprint density at radius 3 is 2.26 bits per heavy atom. The minimum absolute atomic E-state index is 0.0900. The lowest BCUT2D eigenvalue weighted by Crippen LogP contribution is -2.37. The van der Waals surface area contributed by atoms with Crippen LogP contribution in [0.25, 0.3) is 0 Å². The van der Waals surface area contributed by atoms with Crippen LogP contribution in [0.2, 0.25) is 0 Å². The average Bonchev–Trinajstić information content (AvgIpc) is 2.93. The van der Waals surface area contributed by atoms with Gasteiger partial charge < -0.3 is 10.2 Å². The number of hydrogen-bond acceptors (Lipinski definition) is 2. The molecule has 0 saturated carbocycles. The van der Waals surface area contributed by atoms with E-state index in [4.69, 9.17) is 0 Å². The normalized spacial score (nSPS) is 18.7. The maximum absolute atomic E-state index is 12.5. The molecule has 3 rings (SSSR count). The molecule has 0 spiro atoms. The highest BCUT2D eigenvalue weighted by molar-refractivity contribution is 5.95. The Kier molecular flexibility index (Phi) is 4.42. The minimum atomic E-state index is -0.304. The van der Waals surface area contributed by atoms with E-state index in [2.05, 4.69) is 5.32 Å². The van der Waals surface area contributed by atoms with Crippen LogP contribution in [-0.2, 0) is 4.79 Å². The first kappa shape index (κ1) is 15.3. The van der Waals surface area contributed by atoms with Crippen LogP contribution in [0.3, 0.4) is 0 Å². The van der Waals surface area contributed by atoms with Gasteiger partial charge in [0.2, 0.25) is 5.91 Å². The molecule has 0 radical (unpaired) electrons. The van der Waals surface area contributed by atoms with Crippen molar-refractivity contribution in [2.24, 2.45) is 5.92 Å². The number of nitrogens with one attached hydrogen (secondary N) is 1. The monoisotopic (exact) mass is 308 g/mol. The molecule has 1 aliphatic heterocycles. The van der Waals surface area contributed by atoms with Crippen LogP contribution in [0.4, 0.5) is 0 Å². The van der Waals surface area contributed by atoms with E-state index < -0.39 is 0 Å². The summed E-state index contributed by atoms with van der Waals surface area (Å²) in [6.45, 7) is 0.730. The van der Waals surface area contributed by atoms with Gasteiger partial charge in [0.1, 0.15) is 0 Å². The molecule has 2 aromatic carbocycles. The molecule has 1 fully saturated rings. The highest BCUT2D eigenvalue weighted by Gasteiger charge is 2.37. The van der Waals surface area contributed by atoms with Crippen LogP contribution in [-0.4, -0.2) is 30.3 Å². The molecule has 2 aromatic rings. The fourth-order valence-electron chi connectivity index (χ4n) is 3.05. The number of amides is 2. The van der Waals surface area contributed by atoms with E-state index in [1.54, 1.807) is 17.0 Å². The lowest BCUT2D eigenvalue weighted by Gasteiger charge is -2.24. The molecule has 1 N–H and O–H groups in total. The van der Waals surface area contributed by atoms with Crippen molar-refractivity contribution >= 4 is 11.8 Å². The zero-order valence-corrected chi connectivity index (χ0v) is 13.1. The maximum atomic E-state index is 12.5. The Bertz CT molecular complexity index is 685. The summed E-state index contributed by atoms with van der Waals surface area (Å²) in [5.74, 6) is -0.274. The summed E-state index contributed by atoms with van der Waals surface area (Å²) >= 11 is 0. The van der Waals surface area contributed by atoms with Gasteiger partial charge in [-0.25, -0.2) is 0 Å². The molecule has 118 valence electrons. The Morgan fingerprint density at radius 1 is 1.09 bits per heavy atom. The van der Waals surface area contributed by atoms with Gasteiger partial charge in [0.25, 0.3) is 5.91 Å². The molecule has 4 heteroatoms. The van der Waals surface area contributed by atoms with E-state index in [9.17, 15) is 9.59 Å². The topological polar surface area (TPSA) is 49.4 Å². The van der Waals surface area contributed by atoms with E-state index >= 15 is 0 Å². The van der Waals surface area contributed by atoms with Crippen molar-refractivity contribution in [3.63, 3.8) is 0 Å². The Hall–Kier alpha value is -2.62. The second-order valence-corrected chi connectivity index (χ2v) is 5.88. The number of carbonyl (C=O) groups excluding carboxylic acids is 2. The fraction of sp³-hybridized carbons (Fsp3) is 0.263. The van der Waals surface area contributed by atoms with Gasteiger partial charge >= 0.3 is 0 Å². The highest BCUT2D eigenvalue weighted by Crippen LogP contribution is 2.30. The lowest BCUT2D eigenvalue weighted by molar-refractivity contribution is -0.130. The summed E-state index contributed by atoms with van der Waals surface area (Å²) < 4.78 is 0. The summed E-state index contributed by atoms with van der Waals surface area (Å²) in [4.78, 5) is 26.7. The van der Waals surface area contributed by atoms with Crippen molar-refractivity contribution in [1.29, 1.82) is 0 Å². The number of rotatable bonds is 4. The van der Waals surface area contributed by atoms with Gasteiger partial charge in [0, 0.05) is 19.2 Å². The Labute approximate surface area is 136 Å². The lowest BCUT2D eigenvalue weighted by atomic mass is 9.91. The van der Waals surface area contributed by atoms with Gasteiger partial charge in [0.15, 0.2) is 0 Å². The van der Waals surface area contributed by atoms with Crippen LogP contribution in [0.15, 0.2) is 60.7 Å². The van der Waals surface area contributed by atoms with Gasteiger partial charge in [-0.1, -0.05) is 48.5 Å². The summed E-state index contributed by atoms with van der Waals surface area (Å²) in [6.07, 6.45) is 0.754. The van der Waals surface area contributed by atoms with Crippen LogP contribution >= 0.6 is 0 Å². The molecule has 1 heterocycles. The third-order valence-electron chi connectivity index (χ3n) is 4.35. The third-order valence-corrected chi connectivity index (χ3v) is 4.35. The molecule has 1 saturated heterocycles. The van der Waals surface area contributed by atoms with Crippen molar-refractivity contribution in [1.82, 2.24) is 10.2 Å². The molecular formula is C19H20N2O2. The molecule has 0 aromatic heterocycles. The zero-order chi connectivity index (χ0) is 16.2. The third kappa shape index (κ3) is 3.26. The van der Waals surface area contributed by atoms with Crippen molar-refractivity contribution < 1.29 is 9.59 Å². The predicted octanol–water partition coefficient (Wildman–Crippen LogP) is 2.64. The van der Waals surface area contributed by atoms with Crippen molar-refractivity contribution in [3.05, 3.63) is 71.8 Å². The molecule has 2 atom stereocenters. The van der Waals surface area contributed by atoms with Gasteiger partial charge in [0.05, 0.1) is 12.0 Å². The molecule has 4 nitrogen and oxygen atoms in total. The highest BCUT2D eigenvalue weighted by atomic mass is 16.2. The van der Waals surface area contributed by atoms with E-state index in [0.29, 0.717) is 5.56 Å². The molecule has 0 aliphatic carbocycles. The quantitative estimate of drug-likeness (QED) is 0.944. The summed E-state index contributed by atoms with van der Waals surface area (Å²) in [7, 11) is 1.81. The first-order chi connectivity index (χ1) is 11.2. The smallest absolute Gasteiger partial charge is 0.251 e. The molecule has 23 heavy (non-hydrogen) atoms. The van der Waals surface area contributed by atoms with E-state index in [1.807, 2.05) is 55.6 Å².